The van der Waals surface area contributed by atoms with Crippen LogP contribution in [0.25, 0.3) is 0 Å². The first-order valence-electron chi connectivity index (χ1n) is 11.3. The first-order chi connectivity index (χ1) is 17.8. The third-order valence-electron chi connectivity index (χ3n) is 5.45. The summed E-state index contributed by atoms with van der Waals surface area (Å²) in [4.78, 5) is 15.2. The largest absolute Gasteiger partial charge is 0.496 e. The van der Waals surface area contributed by atoms with E-state index in [1.54, 1.807) is 24.3 Å². The van der Waals surface area contributed by atoms with Crippen LogP contribution in [-0.2, 0) is 14.8 Å². The predicted octanol–water partition coefficient (Wildman–Crippen LogP) is 6.75. The fourth-order valence-corrected chi connectivity index (χ4v) is 6.62. The van der Waals surface area contributed by atoms with Crippen LogP contribution in [0.3, 0.4) is 0 Å². The molecule has 1 N–H and O–H groups in total. The molecular formula is C28H25BrN2O4S2. The molecule has 0 unspecified atom stereocenters. The Hall–Kier alpha value is -3.27. The molecule has 0 aliphatic carbocycles. The van der Waals surface area contributed by atoms with Gasteiger partial charge < -0.3 is 10.1 Å². The lowest BCUT2D eigenvalue weighted by Gasteiger charge is -2.25. The fourth-order valence-electron chi connectivity index (χ4n) is 3.56. The van der Waals surface area contributed by atoms with Crippen molar-refractivity contribution in [2.45, 2.75) is 21.6 Å². The maximum atomic E-state index is 13.7. The van der Waals surface area contributed by atoms with E-state index < -0.39 is 22.5 Å². The topological polar surface area (TPSA) is 75.7 Å². The van der Waals surface area contributed by atoms with Gasteiger partial charge in [0.05, 0.1) is 27.9 Å². The molecular weight excluding hydrogens is 572 g/mol. The lowest BCUT2D eigenvalue weighted by molar-refractivity contribution is -0.114. The van der Waals surface area contributed by atoms with Gasteiger partial charge in [-0.05, 0) is 77.5 Å². The van der Waals surface area contributed by atoms with Crippen LogP contribution in [-0.4, -0.2) is 28.0 Å². The van der Waals surface area contributed by atoms with Gasteiger partial charge >= 0.3 is 0 Å². The highest BCUT2D eigenvalue weighted by molar-refractivity contribution is 9.10. The van der Waals surface area contributed by atoms with Crippen molar-refractivity contribution in [1.29, 1.82) is 0 Å². The summed E-state index contributed by atoms with van der Waals surface area (Å²) in [6.07, 6.45) is 0. The molecule has 0 atom stereocenters. The molecule has 0 heterocycles. The van der Waals surface area contributed by atoms with Crippen LogP contribution in [0.4, 0.5) is 11.4 Å². The van der Waals surface area contributed by atoms with E-state index in [-0.39, 0.29) is 4.90 Å². The molecule has 0 saturated carbocycles. The van der Waals surface area contributed by atoms with Crippen molar-refractivity contribution in [3.8, 4) is 5.75 Å². The van der Waals surface area contributed by atoms with E-state index in [4.69, 9.17) is 4.74 Å². The Bertz CT molecular complexity index is 1490. The second-order valence-electron chi connectivity index (χ2n) is 8.10. The van der Waals surface area contributed by atoms with Crippen molar-refractivity contribution in [2.24, 2.45) is 0 Å². The van der Waals surface area contributed by atoms with E-state index >= 15 is 0 Å². The minimum atomic E-state index is -4.08. The SMILES string of the molecule is COc1ccc(S(=O)(=O)N(CC(=O)Nc2ccccc2Sc2ccccc2)c2ccc(C)cc2)cc1Br. The maximum Gasteiger partial charge on any atom is 0.264 e. The summed E-state index contributed by atoms with van der Waals surface area (Å²) in [5, 5.41) is 2.90. The molecule has 1 amide bonds. The molecule has 0 aromatic heterocycles. The summed E-state index contributed by atoms with van der Waals surface area (Å²) < 4.78 is 34.3. The molecule has 0 radical (unpaired) electrons. The average molecular weight is 598 g/mol. The van der Waals surface area contributed by atoms with Gasteiger partial charge in [-0.1, -0.05) is 59.8 Å². The highest BCUT2D eigenvalue weighted by atomic mass is 79.9. The zero-order chi connectivity index (χ0) is 26.4. The van der Waals surface area contributed by atoms with Gasteiger partial charge in [-0.15, -0.1) is 0 Å². The van der Waals surface area contributed by atoms with Gasteiger partial charge in [0.25, 0.3) is 10.0 Å². The lowest BCUT2D eigenvalue weighted by Crippen LogP contribution is -2.38. The molecule has 0 aliphatic heterocycles. The number of rotatable bonds is 9. The van der Waals surface area contributed by atoms with E-state index in [1.807, 2.05) is 67.6 Å². The summed E-state index contributed by atoms with van der Waals surface area (Å²) in [5.41, 5.74) is 1.97. The number of para-hydroxylation sites is 1. The van der Waals surface area contributed by atoms with Crippen molar-refractivity contribution >= 4 is 55.0 Å². The van der Waals surface area contributed by atoms with Gasteiger partial charge in [0.2, 0.25) is 5.91 Å². The molecule has 190 valence electrons. The van der Waals surface area contributed by atoms with E-state index in [0.717, 1.165) is 19.7 Å². The van der Waals surface area contributed by atoms with Crippen molar-refractivity contribution in [1.82, 2.24) is 0 Å². The van der Waals surface area contributed by atoms with Gasteiger partial charge in [-0.25, -0.2) is 8.42 Å². The summed E-state index contributed by atoms with van der Waals surface area (Å²) in [5.74, 6) is 0.0453. The molecule has 4 rings (SSSR count). The summed E-state index contributed by atoms with van der Waals surface area (Å²) in [6, 6.07) is 28.8. The average Bonchev–Trinajstić information content (AvgIpc) is 2.89. The second kappa shape index (κ2) is 11.9. The Morgan fingerprint density at radius 1 is 0.946 bits per heavy atom. The molecule has 6 nitrogen and oxygen atoms in total. The minimum absolute atomic E-state index is 0.0357. The molecule has 9 heteroatoms. The Kier molecular flexibility index (Phi) is 8.58. The molecule has 0 bridgehead atoms. The Balaban J connectivity index is 1.63. The number of nitrogens with one attached hydrogen (secondary N) is 1. The Labute approximate surface area is 229 Å². The Morgan fingerprint density at radius 3 is 2.30 bits per heavy atom. The number of hydrogen-bond donors (Lipinski definition) is 1. The third-order valence-corrected chi connectivity index (χ3v) is 8.93. The number of sulfonamides is 1. The number of carbonyl (C=O) groups excluding carboxylic acids is 1. The van der Waals surface area contributed by atoms with Gasteiger partial charge in [-0.3, -0.25) is 9.10 Å². The number of benzene rings is 4. The van der Waals surface area contributed by atoms with Crippen LogP contribution >= 0.6 is 27.7 Å². The number of anilines is 2. The van der Waals surface area contributed by atoms with Gasteiger partial charge in [-0.2, -0.15) is 0 Å². The number of hydrogen-bond acceptors (Lipinski definition) is 5. The number of methoxy groups -OCH3 is 1. The third kappa shape index (κ3) is 6.54. The molecule has 37 heavy (non-hydrogen) atoms. The number of ether oxygens (including phenoxy) is 1. The fraction of sp³-hybridized carbons (Fsp3) is 0.107. The lowest BCUT2D eigenvalue weighted by atomic mass is 10.2. The molecule has 0 spiro atoms. The molecule has 0 fully saturated rings. The molecule has 0 saturated heterocycles. The van der Waals surface area contributed by atoms with Crippen LogP contribution in [0, 0.1) is 6.92 Å². The summed E-state index contributed by atoms with van der Waals surface area (Å²) in [7, 11) is -2.57. The second-order valence-corrected chi connectivity index (χ2v) is 11.9. The van der Waals surface area contributed by atoms with Gasteiger partial charge in [0.15, 0.2) is 0 Å². The van der Waals surface area contributed by atoms with E-state index in [1.165, 1.54) is 31.0 Å². The molecule has 0 aliphatic rings. The van der Waals surface area contributed by atoms with Gasteiger partial charge in [0, 0.05) is 9.79 Å². The van der Waals surface area contributed by atoms with E-state index in [0.29, 0.717) is 21.6 Å². The number of amides is 1. The zero-order valence-corrected chi connectivity index (χ0v) is 23.4. The molecule has 4 aromatic carbocycles. The highest BCUT2D eigenvalue weighted by Gasteiger charge is 2.28. The number of aryl methyl sites for hydroxylation is 1. The predicted molar refractivity (Wildman–Crippen MR) is 152 cm³/mol. The highest BCUT2D eigenvalue weighted by Crippen LogP contribution is 2.34. The zero-order valence-electron chi connectivity index (χ0n) is 20.2. The van der Waals surface area contributed by atoms with Crippen LogP contribution in [0.1, 0.15) is 5.56 Å². The standard InChI is InChI=1S/C28H25BrN2O4S2/c1-20-12-14-21(15-13-20)31(37(33,34)23-16-17-26(35-2)24(29)18-23)19-28(32)30-25-10-6-7-11-27(25)36-22-8-4-3-5-9-22/h3-18H,19H2,1-2H3,(H,30,32). The van der Waals surface area contributed by atoms with Crippen LogP contribution in [0.2, 0.25) is 0 Å². The van der Waals surface area contributed by atoms with Crippen LogP contribution < -0.4 is 14.4 Å². The maximum absolute atomic E-state index is 13.7. The number of nitrogens with zero attached hydrogens (tertiary/aromatic N) is 1. The first-order valence-corrected chi connectivity index (χ1v) is 14.4. The van der Waals surface area contributed by atoms with Crippen molar-refractivity contribution in [3.05, 3.63) is 107 Å². The summed E-state index contributed by atoms with van der Waals surface area (Å²) >= 11 is 4.87. The van der Waals surface area contributed by atoms with Crippen LogP contribution in [0.15, 0.2) is 116 Å². The van der Waals surface area contributed by atoms with Crippen molar-refractivity contribution in [2.75, 3.05) is 23.3 Å². The number of halogens is 1. The van der Waals surface area contributed by atoms with Gasteiger partial charge in [0.1, 0.15) is 12.3 Å². The smallest absolute Gasteiger partial charge is 0.264 e. The van der Waals surface area contributed by atoms with E-state index in [9.17, 15) is 13.2 Å². The summed E-state index contributed by atoms with van der Waals surface area (Å²) in [6.45, 7) is 1.51. The monoisotopic (exact) mass is 596 g/mol. The van der Waals surface area contributed by atoms with E-state index in [2.05, 4.69) is 21.2 Å². The number of carbonyl (C=O) groups is 1. The molecule has 4 aromatic rings. The normalized spacial score (nSPS) is 11.1. The first kappa shape index (κ1) is 26.8. The van der Waals surface area contributed by atoms with Crippen molar-refractivity contribution < 1.29 is 17.9 Å². The van der Waals surface area contributed by atoms with Crippen molar-refractivity contribution in [3.63, 3.8) is 0 Å². The van der Waals surface area contributed by atoms with Crippen LogP contribution in [0.5, 0.6) is 5.75 Å². The minimum Gasteiger partial charge on any atom is -0.496 e. The quantitative estimate of drug-likeness (QED) is 0.231. The Morgan fingerprint density at radius 2 is 1.62 bits per heavy atom.